The molecule has 1 heterocycles. The number of nitrogens with zero attached hydrogens (tertiary/aromatic N) is 1. The SMILES string of the molecule is COc1c2cc(C(C)(C)C)cc1Cc1cc(C(C)(C)C)cc(c1O)Cc1cc(C(C)(C)C)cc(c1OC)Cc1cc(C(C)(C)C)cc(c1OCc1ccc(-c3ccccn3)cc1)Cc1cc(C(C)(C)C)cc(c1OC)Cc1cc(C(C)(C)C)cc(c1O)C2. The Morgan fingerprint density at radius 1 is 0.330 bits per heavy atom. The predicted octanol–water partition coefficient (Wildman–Crippen LogP) is 19.4. The summed E-state index contributed by atoms with van der Waals surface area (Å²) in [6.07, 6.45) is 4.53. The van der Waals surface area contributed by atoms with E-state index < -0.39 is 0 Å². The van der Waals surface area contributed by atoms with Gasteiger partial charge in [-0.3, -0.25) is 4.98 Å². The highest BCUT2D eigenvalue weighted by Crippen LogP contribution is 2.46. The van der Waals surface area contributed by atoms with Crippen LogP contribution < -0.4 is 18.9 Å². The number of ether oxygens (including phenoxy) is 4. The zero-order valence-corrected chi connectivity index (χ0v) is 57.0. The first-order valence-electron chi connectivity index (χ1n) is 31.6. The van der Waals surface area contributed by atoms with Crippen LogP contribution in [0.4, 0.5) is 0 Å². The van der Waals surface area contributed by atoms with Crippen molar-refractivity contribution in [2.75, 3.05) is 21.3 Å². The number of rotatable bonds is 7. The third-order valence-corrected chi connectivity index (χ3v) is 17.9. The van der Waals surface area contributed by atoms with Gasteiger partial charge >= 0.3 is 0 Å². The molecule has 0 saturated carbocycles. The molecule has 0 atom stereocenters. The van der Waals surface area contributed by atoms with Crippen LogP contribution >= 0.6 is 0 Å². The van der Waals surface area contributed by atoms with Gasteiger partial charge in [0.15, 0.2) is 0 Å². The van der Waals surface area contributed by atoms with E-state index in [0.717, 1.165) is 123 Å². The number of phenolic OH excluding ortho intramolecular Hbond substituents is 2. The summed E-state index contributed by atoms with van der Waals surface area (Å²) in [5.74, 6) is 3.67. The number of benzene rings is 7. The molecule has 9 rings (SSSR count). The Hall–Kier alpha value is -7.51. The number of methoxy groups -OCH3 is 3. The van der Waals surface area contributed by atoms with Crippen molar-refractivity contribution < 1.29 is 29.2 Å². The van der Waals surface area contributed by atoms with Gasteiger partial charge in [-0.2, -0.15) is 0 Å². The van der Waals surface area contributed by atoms with Gasteiger partial charge in [0.25, 0.3) is 0 Å². The molecule has 0 unspecified atom stereocenters. The maximum atomic E-state index is 13.0. The number of hydrogen-bond acceptors (Lipinski definition) is 7. The second kappa shape index (κ2) is 24.5. The third-order valence-electron chi connectivity index (χ3n) is 17.9. The second-order valence-corrected chi connectivity index (χ2v) is 31.2. The van der Waals surface area contributed by atoms with Crippen LogP contribution in [0.25, 0.3) is 11.3 Å². The maximum absolute atomic E-state index is 13.0. The van der Waals surface area contributed by atoms with Gasteiger partial charge in [0, 0.05) is 50.3 Å². The first-order chi connectivity index (χ1) is 41.0. The Bertz CT molecular complexity index is 3670. The van der Waals surface area contributed by atoms with Gasteiger partial charge in [0.2, 0.25) is 0 Å². The largest absolute Gasteiger partial charge is 0.507 e. The monoisotopic (exact) mass is 1180 g/mol. The standard InChI is InChI=1S/C81H99NO6/c1-76(2,3)63-36-51-30-55-40-65(78(7,8)9)41-56(72(55)85-19)31-52-37-64(77(4,5)6)39-54(71(52)84)33-58-43-67(80(13,14)15)45-60(74(58)87-21)35-62-47-68(81(16,17)18)46-61(75(62)88-48-49-25-27-50(28-26-49)69-24-22-23-29-82-69)34-59-44-66(79(10,11)12)42-57(73(59)86-20)32-53(38-63)70(51)83/h22-29,36-47,83-84H,30-35,48H2,1-21H3. The Kier molecular flexibility index (Phi) is 18.1. The highest BCUT2D eigenvalue weighted by atomic mass is 16.5. The molecule has 1 aromatic heterocycles. The molecule has 88 heavy (non-hydrogen) atoms. The number of aromatic nitrogens is 1. The second-order valence-electron chi connectivity index (χ2n) is 31.2. The molecule has 8 aromatic rings. The molecule has 0 saturated heterocycles. The fraction of sp³-hybridized carbons (Fsp3) is 0.420. The number of fused-ring (bicyclic) bond motifs is 12. The van der Waals surface area contributed by atoms with Crippen molar-refractivity contribution in [2.45, 2.75) is 202 Å². The van der Waals surface area contributed by atoms with Crippen LogP contribution in [0, 0.1) is 0 Å². The molecule has 0 spiro atoms. The minimum absolute atomic E-state index is 0.229. The first-order valence-corrected chi connectivity index (χ1v) is 31.6. The van der Waals surface area contributed by atoms with Crippen LogP contribution in [0.5, 0.6) is 34.5 Å². The number of aromatic hydroxyl groups is 2. The Morgan fingerprint density at radius 3 is 0.818 bits per heavy atom. The normalized spacial score (nSPS) is 13.6. The van der Waals surface area contributed by atoms with Crippen molar-refractivity contribution in [2.24, 2.45) is 0 Å². The average Bonchev–Trinajstić information content (AvgIpc) is 1.28. The minimum Gasteiger partial charge on any atom is -0.507 e. The van der Waals surface area contributed by atoms with Gasteiger partial charge in [-0.25, -0.2) is 0 Å². The summed E-state index contributed by atoms with van der Waals surface area (Å²) in [4.78, 5) is 4.63. The highest BCUT2D eigenvalue weighted by Gasteiger charge is 2.31. The molecule has 0 amide bonds. The third kappa shape index (κ3) is 14.3. The van der Waals surface area contributed by atoms with Gasteiger partial charge in [0.05, 0.1) is 27.0 Å². The van der Waals surface area contributed by atoms with E-state index in [0.29, 0.717) is 45.1 Å². The molecule has 0 radical (unpaired) electrons. The lowest BCUT2D eigenvalue weighted by Crippen LogP contribution is -2.16. The Labute approximate surface area is 527 Å². The molecule has 7 heteroatoms. The molecule has 2 N–H and O–H groups in total. The van der Waals surface area contributed by atoms with E-state index in [-0.39, 0.29) is 44.0 Å². The van der Waals surface area contributed by atoms with E-state index >= 15 is 0 Å². The molecule has 7 nitrogen and oxygen atoms in total. The Balaban J connectivity index is 1.37. The lowest BCUT2D eigenvalue weighted by Gasteiger charge is -2.28. The maximum Gasteiger partial charge on any atom is 0.126 e. The van der Waals surface area contributed by atoms with Crippen molar-refractivity contribution >= 4 is 0 Å². The quantitative estimate of drug-likeness (QED) is 0.164. The van der Waals surface area contributed by atoms with Gasteiger partial charge in [-0.05, 0) is 150 Å². The zero-order chi connectivity index (χ0) is 64.2. The van der Waals surface area contributed by atoms with Crippen LogP contribution in [0.2, 0.25) is 0 Å². The molecule has 464 valence electrons. The molecular weight excluding hydrogens is 1080 g/mol. The fourth-order valence-corrected chi connectivity index (χ4v) is 12.4. The number of hydrogen-bond donors (Lipinski definition) is 2. The molecule has 12 bridgehead atoms. The Morgan fingerprint density at radius 2 is 0.580 bits per heavy atom. The topological polar surface area (TPSA) is 90.3 Å². The molecule has 1 aliphatic carbocycles. The van der Waals surface area contributed by atoms with Crippen molar-refractivity contribution in [3.8, 4) is 45.8 Å². The van der Waals surface area contributed by atoms with E-state index in [1.807, 2.05) is 24.4 Å². The van der Waals surface area contributed by atoms with Crippen molar-refractivity contribution in [3.63, 3.8) is 0 Å². The molecule has 7 aromatic carbocycles. The van der Waals surface area contributed by atoms with Gasteiger partial charge in [-0.1, -0.05) is 228 Å². The number of phenols is 2. The van der Waals surface area contributed by atoms with Crippen molar-refractivity contribution in [1.29, 1.82) is 0 Å². The zero-order valence-electron chi connectivity index (χ0n) is 57.0. The summed E-state index contributed by atoms with van der Waals surface area (Å²) in [6, 6.07) is 41.8. The van der Waals surface area contributed by atoms with Gasteiger partial charge in [0.1, 0.15) is 41.1 Å². The summed E-state index contributed by atoms with van der Waals surface area (Å²) in [6.45, 7) is 41.0. The summed E-state index contributed by atoms with van der Waals surface area (Å²) < 4.78 is 27.3. The minimum atomic E-state index is -0.246. The molecule has 0 fully saturated rings. The van der Waals surface area contributed by atoms with Gasteiger partial charge in [-0.15, -0.1) is 0 Å². The summed E-state index contributed by atoms with van der Waals surface area (Å²) >= 11 is 0. The van der Waals surface area contributed by atoms with E-state index in [4.69, 9.17) is 18.9 Å². The summed E-state index contributed by atoms with van der Waals surface area (Å²) in [5, 5.41) is 25.9. The van der Waals surface area contributed by atoms with Gasteiger partial charge < -0.3 is 29.2 Å². The molecule has 0 aliphatic heterocycles. The molecular formula is C81H99NO6. The predicted molar refractivity (Wildman–Crippen MR) is 365 cm³/mol. The van der Waals surface area contributed by atoms with Crippen LogP contribution in [0.15, 0.2) is 121 Å². The van der Waals surface area contributed by atoms with Crippen LogP contribution in [0.1, 0.15) is 230 Å². The smallest absolute Gasteiger partial charge is 0.126 e. The fourth-order valence-electron chi connectivity index (χ4n) is 12.4. The lowest BCUT2D eigenvalue weighted by molar-refractivity contribution is 0.300. The first kappa shape index (κ1) is 64.9. The van der Waals surface area contributed by atoms with Crippen LogP contribution in [-0.4, -0.2) is 36.5 Å². The van der Waals surface area contributed by atoms with E-state index in [1.165, 1.54) is 16.7 Å². The van der Waals surface area contributed by atoms with E-state index in [9.17, 15) is 10.2 Å². The summed E-state index contributed by atoms with van der Waals surface area (Å²) in [5.41, 5.74) is 19.9. The van der Waals surface area contributed by atoms with Crippen molar-refractivity contribution in [3.05, 3.63) is 227 Å². The van der Waals surface area contributed by atoms with Crippen LogP contribution in [0.3, 0.4) is 0 Å². The van der Waals surface area contributed by atoms with E-state index in [2.05, 4.69) is 227 Å². The molecule has 1 aliphatic rings. The number of pyridine rings is 1. The lowest BCUT2D eigenvalue weighted by atomic mass is 9.79. The highest BCUT2D eigenvalue weighted by molar-refractivity contribution is 5.62. The van der Waals surface area contributed by atoms with Crippen LogP contribution in [-0.2, 0) is 77.6 Å². The van der Waals surface area contributed by atoms with E-state index in [1.54, 1.807) is 21.3 Å². The van der Waals surface area contributed by atoms with Crippen molar-refractivity contribution in [1.82, 2.24) is 4.98 Å². The average molecular weight is 1180 g/mol. The summed E-state index contributed by atoms with van der Waals surface area (Å²) in [7, 11) is 5.31.